The number of benzene rings is 1. The first kappa shape index (κ1) is 13.3. The highest BCUT2D eigenvalue weighted by Gasteiger charge is 2.41. The molecule has 5 heteroatoms. The van der Waals surface area contributed by atoms with Crippen LogP contribution in [0, 0.1) is 0 Å². The summed E-state index contributed by atoms with van der Waals surface area (Å²) in [6.07, 6.45) is 4.21. The molecule has 1 N–H and O–H groups in total. The van der Waals surface area contributed by atoms with Crippen LogP contribution in [0.5, 0.6) is 5.75 Å². The number of nitrogens with zero attached hydrogens (tertiary/aromatic N) is 1. The number of nitrogens with one attached hydrogen (secondary N) is 1. The molecule has 5 nitrogen and oxygen atoms in total. The van der Waals surface area contributed by atoms with E-state index in [1.54, 1.807) is 19.3 Å². The van der Waals surface area contributed by atoms with Gasteiger partial charge in [-0.3, -0.25) is 4.79 Å². The lowest BCUT2D eigenvalue weighted by Crippen LogP contribution is -2.33. The Bertz CT molecular complexity index is 544. The second-order valence-corrected chi connectivity index (χ2v) is 4.65. The molecule has 0 atom stereocenters. The normalized spacial score (nSPS) is 15.9. The van der Waals surface area contributed by atoms with Gasteiger partial charge in [-0.15, -0.1) is 0 Å². The van der Waals surface area contributed by atoms with Crippen molar-refractivity contribution >= 4 is 17.7 Å². The van der Waals surface area contributed by atoms with Crippen LogP contribution in [0.3, 0.4) is 0 Å². The van der Waals surface area contributed by atoms with Gasteiger partial charge in [0.1, 0.15) is 11.3 Å². The van der Waals surface area contributed by atoms with E-state index in [1.807, 2.05) is 12.1 Å². The molecule has 100 valence electrons. The maximum atomic E-state index is 11.4. The van der Waals surface area contributed by atoms with Gasteiger partial charge in [0, 0.05) is 12.5 Å². The molecule has 2 rings (SSSR count). The Balaban J connectivity index is 2.55. The number of ether oxygens (including phenoxy) is 1. The van der Waals surface area contributed by atoms with Crippen molar-refractivity contribution in [2.75, 3.05) is 12.4 Å². The van der Waals surface area contributed by atoms with Crippen LogP contribution in [-0.2, 0) is 15.1 Å². The second-order valence-electron chi connectivity index (χ2n) is 4.65. The van der Waals surface area contributed by atoms with Gasteiger partial charge in [0.05, 0.1) is 12.8 Å². The number of carbonyl (C=O) groups excluding carboxylic acids is 2. The number of hydrogen-bond donors (Lipinski definition) is 1. The molecule has 0 heterocycles. The first-order valence-electron chi connectivity index (χ1n) is 6.17. The summed E-state index contributed by atoms with van der Waals surface area (Å²) in [4.78, 5) is 26.0. The summed E-state index contributed by atoms with van der Waals surface area (Å²) in [5.74, 6) is 0.385. The van der Waals surface area contributed by atoms with Crippen LogP contribution in [0.25, 0.3) is 0 Å². The monoisotopic (exact) mass is 260 g/mol. The highest BCUT2D eigenvalue weighted by atomic mass is 16.5. The molecule has 0 bridgehead atoms. The molecule has 1 aromatic carbocycles. The SMILES string of the molecule is COc1cccc(C2(N=C=O)CCC2)c1NC(C)=O. The van der Waals surface area contributed by atoms with Crippen LogP contribution in [0.1, 0.15) is 31.7 Å². The van der Waals surface area contributed by atoms with E-state index in [4.69, 9.17) is 4.74 Å². The van der Waals surface area contributed by atoms with Crippen molar-refractivity contribution < 1.29 is 14.3 Å². The Morgan fingerprint density at radius 1 is 1.47 bits per heavy atom. The first-order chi connectivity index (χ1) is 9.13. The zero-order valence-electron chi connectivity index (χ0n) is 11.0. The predicted molar refractivity (Wildman–Crippen MR) is 70.9 cm³/mol. The van der Waals surface area contributed by atoms with Crippen LogP contribution < -0.4 is 10.1 Å². The van der Waals surface area contributed by atoms with E-state index in [0.29, 0.717) is 11.4 Å². The zero-order valence-corrected chi connectivity index (χ0v) is 11.0. The minimum atomic E-state index is -0.561. The van der Waals surface area contributed by atoms with Crippen molar-refractivity contribution in [2.45, 2.75) is 31.7 Å². The van der Waals surface area contributed by atoms with Crippen molar-refractivity contribution in [3.8, 4) is 5.75 Å². The van der Waals surface area contributed by atoms with Gasteiger partial charge < -0.3 is 10.1 Å². The Morgan fingerprint density at radius 2 is 2.21 bits per heavy atom. The fourth-order valence-corrected chi connectivity index (χ4v) is 2.43. The highest BCUT2D eigenvalue weighted by Crippen LogP contribution is 2.49. The average molecular weight is 260 g/mol. The number of para-hydroxylation sites is 1. The Kier molecular flexibility index (Phi) is 3.67. The summed E-state index contributed by atoms with van der Waals surface area (Å²) >= 11 is 0. The maximum absolute atomic E-state index is 11.4. The minimum Gasteiger partial charge on any atom is -0.495 e. The number of isocyanates is 1. The standard InChI is InChI=1S/C14H16N2O3/c1-10(18)16-13-11(5-3-6-12(13)19-2)14(15-9-17)7-4-8-14/h3,5-6H,4,7-8H2,1-2H3,(H,16,18). The number of hydrogen-bond acceptors (Lipinski definition) is 4. The molecule has 1 saturated carbocycles. The Morgan fingerprint density at radius 3 is 2.68 bits per heavy atom. The summed E-state index contributed by atoms with van der Waals surface area (Å²) in [5, 5.41) is 2.77. The van der Waals surface area contributed by atoms with Gasteiger partial charge in [-0.1, -0.05) is 12.1 Å². The number of aliphatic imine (C=N–C) groups is 1. The van der Waals surface area contributed by atoms with Crippen molar-refractivity contribution in [3.63, 3.8) is 0 Å². The van der Waals surface area contributed by atoms with Crippen molar-refractivity contribution in [1.82, 2.24) is 0 Å². The fraction of sp³-hybridized carbons (Fsp3) is 0.429. The van der Waals surface area contributed by atoms with Crippen molar-refractivity contribution in [1.29, 1.82) is 0 Å². The number of amides is 1. The molecular formula is C14H16N2O3. The van der Waals surface area contributed by atoms with E-state index in [-0.39, 0.29) is 5.91 Å². The molecule has 1 aliphatic rings. The van der Waals surface area contributed by atoms with Crippen LogP contribution in [0.4, 0.5) is 5.69 Å². The highest BCUT2D eigenvalue weighted by molar-refractivity contribution is 5.92. The molecule has 0 unspecified atom stereocenters. The third kappa shape index (κ3) is 2.37. The zero-order chi connectivity index (χ0) is 13.9. The van der Waals surface area contributed by atoms with E-state index >= 15 is 0 Å². The van der Waals surface area contributed by atoms with Gasteiger partial charge in [-0.05, 0) is 25.3 Å². The predicted octanol–water partition coefficient (Wildman–Crippen LogP) is 2.37. The third-order valence-corrected chi connectivity index (χ3v) is 3.49. The van der Waals surface area contributed by atoms with Gasteiger partial charge in [-0.2, -0.15) is 4.99 Å². The lowest BCUT2D eigenvalue weighted by Gasteiger charge is -2.38. The summed E-state index contributed by atoms with van der Waals surface area (Å²) in [6, 6.07) is 5.47. The number of carbonyl (C=O) groups is 1. The Hall–Kier alpha value is -2.13. The molecule has 0 aliphatic heterocycles. The molecule has 1 aliphatic carbocycles. The summed E-state index contributed by atoms with van der Waals surface area (Å²) in [6.45, 7) is 1.44. The summed E-state index contributed by atoms with van der Waals surface area (Å²) < 4.78 is 5.27. The first-order valence-corrected chi connectivity index (χ1v) is 6.17. The average Bonchev–Trinajstić information content (AvgIpc) is 2.34. The lowest BCUT2D eigenvalue weighted by molar-refractivity contribution is -0.114. The molecule has 19 heavy (non-hydrogen) atoms. The van der Waals surface area contributed by atoms with E-state index in [1.165, 1.54) is 6.92 Å². The van der Waals surface area contributed by atoms with Gasteiger partial charge in [0.15, 0.2) is 0 Å². The molecule has 0 aromatic heterocycles. The van der Waals surface area contributed by atoms with E-state index in [9.17, 15) is 9.59 Å². The van der Waals surface area contributed by atoms with Gasteiger partial charge in [0.2, 0.25) is 12.0 Å². The Labute approximate surface area is 111 Å². The van der Waals surface area contributed by atoms with Crippen LogP contribution >= 0.6 is 0 Å². The fourth-order valence-electron chi connectivity index (χ4n) is 2.43. The van der Waals surface area contributed by atoms with E-state index in [0.717, 1.165) is 24.8 Å². The smallest absolute Gasteiger partial charge is 0.235 e. The second kappa shape index (κ2) is 5.24. The molecule has 1 aromatic rings. The quantitative estimate of drug-likeness (QED) is 0.667. The van der Waals surface area contributed by atoms with Crippen LogP contribution in [-0.4, -0.2) is 19.1 Å². The van der Waals surface area contributed by atoms with E-state index < -0.39 is 5.54 Å². The topological polar surface area (TPSA) is 67.8 Å². The summed E-state index contributed by atoms with van der Waals surface area (Å²) in [5.41, 5.74) is 0.849. The van der Waals surface area contributed by atoms with Crippen molar-refractivity contribution in [3.05, 3.63) is 23.8 Å². The van der Waals surface area contributed by atoms with Crippen molar-refractivity contribution in [2.24, 2.45) is 4.99 Å². The molecule has 0 radical (unpaired) electrons. The maximum Gasteiger partial charge on any atom is 0.235 e. The number of methoxy groups -OCH3 is 1. The van der Waals surface area contributed by atoms with Crippen LogP contribution in [0.15, 0.2) is 23.2 Å². The molecule has 0 saturated heterocycles. The summed E-state index contributed by atoms with van der Waals surface area (Å²) in [7, 11) is 1.54. The molecule has 1 amide bonds. The van der Waals surface area contributed by atoms with Gasteiger partial charge in [-0.25, -0.2) is 4.79 Å². The molecular weight excluding hydrogens is 244 g/mol. The number of anilines is 1. The third-order valence-electron chi connectivity index (χ3n) is 3.49. The molecule has 1 fully saturated rings. The van der Waals surface area contributed by atoms with Crippen LogP contribution in [0.2, 0.25) is 0 Å². The van der Waals surface area contributed by atoms with E-state index in [2.05, 4.69) is 10.3 Å². The minimum absolute atomic E-state index is 0.185. The lowest BCUT2D eigenvalue weighted by atomic mass is 9.71. The van der Waals surface area contributed by atoms with Gasteiger partial charge >= 0.3 is 0 Å². The molecule has 0 spiro atoms. The largest absolute Gasteiger partial charge is 0.495 e. The number of rotatable bonds is 4. The van der Waals surface area contributed by atoms with Gasteiger partial charge in [0.25, 0.3) is 0 Å².